The molecule has 0 atom stereocenters. The summed E-state index contributed by atoms with van der Waals surface area (Å²) in [7, 11) is 0. The molecule has 15 heavy (non-hydrogen) atoms. The first kappa shape index (κ1) is 14.2. The lowest BCUT2D eigenvalue weighted by Gasteiger charge is -2.11. The summed E-state index contributed by atoms with van der Waals surface area (Å²) in [5, 5.41) is -0.138. The van der Waals surface area contributed by atoms with Crippen LogP contribution in [0.25, 0.3) is 0 Å². The van der Waals surface area contributed by atoms with Crippen molar-refractivity contribution < 1.29 is 17.9 Å². The molecule has 3 N–H and O–H groups in total. The molecule has 1 aromatic rings. The minimum Gasteiger partial charge on any atom is -0.404 e. The molecule has 0 saturated heterocycles. The quantitative estimate of drug-likeness (QED) is 0.637. The largest absolute Gasteiger partial charge is 0.573 e. The molecule has 0 fully saturated rings. The smallest absolute Gasteiger partial charge is 0.404 e. The van der Waals surface area contributed by atoms with Gasteiger partial charge in [0.05, 0.1) is 10.7 Å². The van der Waals surface area contributed by atoms with Gasteiger partial charge in [-0.2, -0.15) is 0 Å². The Morgan fingerprint density at radius 3 is 2.40 bits per heavy atom. The summed E-state index contributed by atoms with van der Waals surface area (Å²) in [6.07, 6.45) is -4.77. The summed E-state index contributed by atoms with van der Waals surface area (Å²) in [6.45, 7) is 0. The molecule has 0 aliphatic heterocycles. The van der Waals surface area contributed by atoms with Gasteiger partial charge in [0.15, 0.2) is 0 Å². The van der Waals surface area contributed by atoms with E-state index in [1.54, 1.807) is 0 Å². The van der Waals surface area contributed by atoms with Crippen LogP contribution in [0.1, 0.15) is 0 Å². The third-order valence-corrected chi connectivity index (χ3v) is 1.64. The van der Waals surface area contributed by atoms with Crippen molar-refractivity contribution in [3.8, 4) is 5.75 Å². The Balaban J connectivity index is 0.00000196. The zero-order valence-corrected chi connectivity index (χ0v) is 8.71. The van der Waals surface area contributed by atoms with E-state index >= 15 is 0 Å². The molecule has 0 amide bonds. The molecular formula is C7H7Cl2F3N2O. The zero-order valence-electron chi connectivity index (χ0n) is 7.14. The Morgan fingerprint density at radius 2 is 1.93 bits per heavy atom. The van der Waals surface area contributed by atoms with Crippen LogP contribution in [0, 0.1) is 0 Å². The van der Waals surface area contributed by atoms with Crippen LogP contribution in [0.15, 0.2) is 18.2 Å². The van der Waals surface area contributed by atoms with Crippen LogP contribution in [0.4, 0.5) is 18.9 Å². The first-order valence-corrected chi connectivity index (χ1v) is 3.82. The fourth-order valence-electron chi connectivity index (χ4n) is 0.796. The second kappa shape index (κ2) is 5.29. The Morgan fingerprint density at radius 1 is 1.33 bits per heavy atom. The number of alkyl halides is 3. The number of nitrogen functional groups attached to an aromatic ring is 1. The summed E-state index contributed by atoms with van der Waals surface area (Å²) in [6, 6.07) is 3.72. The van der Waals surface area contributed by atoms with Gasteiger partial charge >= 0.3 is 6.36 Å². The first-order valence-electron chi connectivity index (χ1n) is 3.44. The number of benzene rings is 1. The fourth-order valence-corrected chi connectivity index (χ4v) is 0.952. The summed E-state index contributed by atoms with van der Waals surface area (Å²) >= 11 is 5.47. The van der Waals surface area contributed by atoms with Crippen molar-refractivity contribution in [1.82, 2.24) is 0 Å². The molecule has 0 aliphatic carbocycles. The molecular weight excluding hydrogens is 256 g/mol. The van der Waals surface area contributed by atoms with Crippen LogP contribution in [0.5, 0.6) is 5.75 Å². The average Bonchev–Trinajstić information content (AvgIpc) is 2.06. The maximum absolute atomic E-state index is 11.8. The SMILES string of the molecule is Cl.NNc1ccc(Cl)c(OC(F)(F)F)c1. The molecule has 0 aromatic heterocycles. The highest BCUT2D eigenvalue weighted by atomic mass is 35.5. The van der Waals surface area contributed by atoms with Crippen molar-refractivity contribution in [3.63, 3.8) is 0 Å². The van der Waals surface area contributed by atoms with E-state index in [4.69, 9.17) is 17.4 Å². The average molecular weight is 263 g/mol. The molecule has 0 aliphatic rings. The van der Waals surface area contributed by atoms with E-state index in [0.717, 1.165) is 6.07 Å². The maximum Gasteiger partial charge on any atom is 0.573 e. The second-order valence-electron chi connectivity index (χ2n) is 2.34. The molecule has 0 bridgehead atoms. The predicted molar refractivity (Wildman–Crippen MR) is 53.2 cm³/mol. The number of ether oxygens (including phenoxy) is 1. The fraction of sp³-hybridized carbons (Fsp3) is 0.143. The van der Waals surface area contributed by atoms with Gasteiger partial charge in [-0.25, -0.2) is 0 Å². The van der Waals surface area contributed by atoms with E-state index in [9.17, 15) is 13.2 Å². The highest BCUT2D eigenvalue weighted by molar-refractivity contribution is 6.32. The molecule has 0 spiro atoms. The summed E-state index contributed by atoms with van der Waals surface area (Å²) in [5.41, 5.74) is 2.45. The highest BCUT2D eigenvalue weighted by Gasteiger charge is 2.32. The Bertz CT molecular complexity index is 333. The molecule has 1 aromatic carbocycles. The van der Waals surface area contributed by atoms with Crippen molar-refractivity contribution in [2.45, 2.75) is 6.36 Å². The van der Waals surface area contributed by atoms with Gasteiger partial charge in [0, 0.05) is 6.07 Å². The van der Waals surface area contributed by atoms with Crippen LogP contribution in [-0.2, 0) is 0 Å². The van der Waals surface area contributed by atoms with Gasteiger partial charge in [-0.05, 0) is 12.1 Å². The molecule has 0 heterocycles. The number of halogens is 5. The third kappa shape index (κ3) is 4.46. The molecule has 8 heteroatoms. The lowest BCUT2D eigenvalue weighted by atomic mass is 10.3. The van der Waals surface area contributed by atoms with Gasteiger partial charge in [-0.1, -0.05) is 11.6 Å². The number of hydrazine groups is 1. The van der Waals surface area contributed by atoms with E-state index in [-0.39, 0.29) is 23.1 Å². The van der Waals surface area contributed by atoms with E-state index in [1.165, 1.54) is 12.1 Å². The van der Waals surface area contributed by atoms with E-state index in [1.807, 2.05) is 0 Å². The lowest BCUT2D eigenvalue weighted by Crippen LogP contribution is -2.17. The normalized spacial score (nSPS) is 10.5. The predicted octanol–water partition coefficient (Wildman–Crippen LogP) is 2.95. The summed E-state index contributed by atoms with van der Waals surface area (Å²) in [5.74, 6) is 4.51. The number of hydrogen-bond acceptors (Lipinski definition) is 3. The Labute approximate surface area is 94.7 Å². The van der Waals surface area contributed by atoms with Gasteiger partial charge in [0.1, 0.15) is 5.75 Å². The first-order chi connectivity index (χ1) is 6.42. The van der Waals surface area contributed by atoms with Crippen LogP contribution < -0.4 is 16.0 Å². The molecule has 3 nitrogen and oxygen atoms in total. The van der Waals surface area contributed by atoms with Gasteiger partial charge in [-0.15, -0.1) is 25.6 Å². The van der Waals surface area contributed by atoms with Gasteiger partial charge in [-0.3, -0.25) is 5.84 Å². The van der Waals surface area contributed by atoms with Crippen LogP contribution >= 0.6 is 24.0 Å². The highest BCUT2D eigenvalue weighted by Crippen LogP contribution is 2.31. The molecule has 0 radical (unpaired) electrons. The van der Waals surface area contributed by atoms with E-state index in [0.29, 0.717) is 0 Å². The molecule has 0 unspecified atom stereocenters. The number of anilines is 1. The Hall–Kier alpha value is -0.850. The van der Waals surface area contributed by atoms with E-state index < -0.39 is 12.1 Å². The molecule has 1 rings (SSSR count). The van der Waals surface area contributed by atoms with Crippen molar-refractivity contribution >= 4 is 29.7 Å². The topological polar surface area (TPSA) is 47.3 Å². The second-order valence-corrected chi connectivity index (χ2v) is 2.74. The number of rotatable bonds is 2. The van der Waals surface area contributed by atoms with Crippen molar-refractivity contribution in [2.24, 2.45) is 5.84 Å². The minimum absolute atomic E-state index is 0. The molecule has 86 valence electrons. The van der Waals surface area contributed by atoms with Gasteiger partial charge in [0.2, 0.25) is 0 Å². The van der Waals surface area contributed by atoms with Crippen molar-refractivity contribution in [3.05, 3.63) is 23.2 Å². The van der Waals surface area contributed by atoms with Crippen molar-refractivity contribution in [1.29, 1.82) is 0 Å². The number of nitrogens with one attached hydrogen (secondary N) is 1. The van der Waals surface area contributed by atoms with Gasteiger partial charge in [0.25, 0.3) is 0 Å². The maximum atomic E-state index is 11.8. The minimum atomic E-state index is -4.77. The summed E-state index contributed by atoms with van der Waals surface area (Å²) in [4.78, 5) is 0. The van der Waals surface area contributed by atoms with Crippen LogP contribution in [-0.4, -0.2) is 6.36 Å². The third-order valence-electron chi connectivity index (χ3n) is 1.32. The van der Waals surface area contributed by atoms with Crippen molar-refractivity contribution in [2.75, 3.05) is 5.43 Å². The van der Waals surface area contributed by atoms with Crippen LogP contribution in [0.3, 0.4) is 0 Å². The monoisotopic (exact) mass is 262 g/mol. The number of nitrogens with two attached hydrogens (primary N) is 1. The summed E-state index contributed by atoms with van der Waals surface area (Å²) < 4.78 is 39.1. The standard InChI is InChI=1S/C7H6ClF3N2O.ClH/c8-5-2-1-4(13-12)3-6(5)14-7(9,10)11;/h1-3,13H,12H2;1H. The van der Waals surface area contributed by atoms with E-state index in [2.05, 4.69) is 10.2 Å². The van der Waals surface area contributed by atoms with Gasteiger partial charge < -0.3 is 10.2 Å². The lowest BCUT2D eigenvalue weighted by molar-refractivity contribution is -0.274. The number of hydrogen-bond donors (Lipinski definition) is 2. The Kier molecular flexibility index (Phi) is 4.99. The zero-order chi connectivity index (χ0) is 10.8. The van der Waals surface area contributed by atoms with Crippen LogP contribution in [0.2, 0.25) is 5.02 Å². The molecule has 0 saturated carbocycles.